The highest BCUT2D eigenvalue weighted by Gasteiger charge is 2.15. The average molecular weight is 711 g/mol. The van der Waals surface area contributed by atoms with Crippen LogP contribution < -0.4 is 0 Å². The first kappa shape index (κ1) is 47.6. The summed E-state index contributed by atoms with van der Waals surface area (Å²) in [4.78, 5) is 23.3. The lowest BCUT2D eigenvalue weighted by Gasteiger charge is -2.19. The molecule has 0 unspecified atom stereocenters. The second-order valence-corrected chi connectivity index (χ2v) is 12.3. The van der Waals surface area contributed by atoms with Gasteiger partial charge in [0.25, 0.3) is 0 Å². The van der Waals surface area contributed by atoms with Gasteiger partial charge in [0.05, 0.1) is 112 Å². The maximum absolute atomic E-state index is 11.8. The van der Waals surface area contributed by atoms with E-state index in [1.807, 2.05) is 20.8 Å². The van der Waals surface area contributed by atoms with Gasteiger partial charge in [-0.05, 0) is 27.2 Å². The van der Waals surface area contributed by atoms with Gasteiger partial charge < -0.3 is 52.1 Å². The third-order valence-electron chi connectivity index (χ3n) is 6.59. The molecule has 13 nitrogen and oxygen atoms in total. The van der Waals surface area contributed by atoms with Crippen LogP contribution in [-0.4, -0.2) is 143 Å². The molecule has 0 saturated carbocycles. The van der Waals surface area contributed by atoms with Gasteiger partial charge in [0.1, 0.15) is 18.8 Å². The van der Waals surface area contributed by atoms with Crippen molar-refractivity contribution in [2.75, 3.05) is 126 Å². The number of carbonyl (C=O) groups is 2. The van der Waals surface area contributed by atoms with Crippen LogP contribution in [0.2, 0.25) is 0 Å². The molecule has 0 amide bonds. The van der Waals surface area contributed by atoms with Crippen molar-refractivity contribution in [1.29, 1.82) is 0 Å². The number of esters is 2. The molecular weight excluding hydrogens is 640 g/mol. The van der Waals surface area contributed by atoms with Crippen LogP contribution in [0.5, 0.6) is 0 Å². The van der Waals surface area contributed by atoms with Gasteiger partial charge in [0, 0.05) is 6.42 Å². The Hall–Kier alpha value is -1.42. The van der Waals surface area contributed by atoms with E-state index in [0.717, 1.165) is 12.8 Å². The van der Waals surface area contributed by atoms with Crippen LogP contribution in [0, 0.1) is 0 Å². The van der Waals surface area contributed by atoms with E-state index in [2.05, 4.69) is 6.92 Å². The SMILES string of the molecule is CCCCCCCCCCCC(=O)OCCOCCOCCOCCOCCOCCOCCOCCOCCOCC(=O)OC(C)(C)C. The summed E-state index contributed by atoms with van der Waals surface area (Å²) < 4.78 is 59.2. The van der Waals surface area contributed by atoms with Crippen molar-refractivity contribution in [3.8, 4) is 0 Å². The summed E-state index contributed by atoms with van der Waals surface area (Å²) in [6, 6.07) is 0. The van der Waals surface area contributed by atoms with Gasteiger partial charge in [-0.3, -0.25) is 4.79 Å². The van der Waals surface area contributed by atoms with Gasteiger partial charge >= 0.3 is 11.9 Å². The minimum Gasteiger partial charge on any atom is -0.463 e. The van der Waals surface area contributed by atoms with Crippen LogP contribution >= 0.6 is 0 Å². The fourth-order valence-corrected chi connectivity index (χ4v) is 4.15. The molecule has 0 fully saturated rings. The number of carbonyl (C=O) groups excluding carboxylic acids is 2. The molecule has 13 heteroatoms. The Morgan fingerprint density at radius 3 is 1.04 bits per heavy atom. The molecule has 0 spiro atoms. The van der Waals surface area contributed by atoms with E-state index in [1.165, 1.54) is 44.9 Å². The first-order valence-corrected chi connectivity index (χ1v) is 18.4. The molecule has 0 rings (SSSR count). The van der Waals surface area contributed by atoms with E-state index in [9.17, 15) is 9.59 Å². The molecule has 292 valence electrons. The smallest absolute Gasteiger partial charge is 0.332 e. The normalized spacial score (nSPS) is 11.7. The highest BCUT2D eigenvalue weighted by Crippen LogP contribution is 2.11. The highest BCUT2D eigenvalue weighted by molar-refractivity contribution is 5.71. The summed E-state index contributed by atoms with van der Waals surface area (Å²) in [6.07, 6.45) is 11.6. The predicted octanol–water partition coefficient (Wildman–Crippen LogP) is 4.94. The van der Waals surface area contributed by atoms with Crippen molar-refractivity contribution >= 4 is 11.9 Å². The molecular formula is C36H70O13. The molecule has 0 radical (unpaired) electrons. The minimum absolute atomic E-state index is 0.0846. The third-order valence-corrected chi connectivity index (χ3v) is 6.59. The van der Waals surface area contributed by atoms with Crippen LogP contribution in [0.3, 0.4) is 0 Å². The lowest BCUT2D eigenvalue weighted by molar-refractivity contribution is -0.160. The Bertz CT molecular complexity index is 703. The van der Waals surface area contributed by atoms with Gasteiger partial charge in [-0.1, -0.05) is 58.3 Å². The molecule has 0 bridgehead atoms. The summed E-state index contributed by atoms with van der Waals surface area (Å²) in [5.41, 5.74) is -0.512. The summed E-state index contributed by atoms with van der Waals surface area (Å²) in [6.45, 7) is 15.6. The van der Waals surface area contributed by atoms with Gasteiger partial charge in [-0.2, -0.15) is 0 Å². The summed E-state index contributed by atoms with van der Waals surface area (Å²) >= 11 is 0. The van der Waals surface area contributed by atoms with E-state index >= 15 is 0 Å². The molecule has 0 saturated heterocycles. The first-order chi connectivity index (χ1) is 23.8. The fraction of sp³-hybridized carbons (Fsp3) is 0.944. The Morgan fingerprint density at radius 2 is 0.694 bits per heavy atom. The predicted molar refractivity (Wildman–Crippen MR) is 186 cm³/mol. The Kier molecular flexibility index (Phi) is 36.7. The zero-order valence-electron chi connectivity index (χ0n) is 31.3. The maximum atomic E-state index is 11.8. The number of ether oxygens (including phenoxy) is 11. The standard InChI is InChI=1S/C36H70O13/c1-5-6-7-8-9-10-11-12-13-14-34(37)48-32-31-46-28-27-44-24-23-42-20-19-40-16-15-39-17-18-41-21-22-43-25-26-45-29-30-47-33-35(38)49-36(2,3)4/h5-33H2,1-4H3. The molecule has 0 aromatic rings. The third kappa shape index (κ3) is 42.7. The lowest BCUT2D eigenvalue weighted by Crippen LogP contribution is -2.27. The Labute approximate surface area is 296 Å². The molecule has 49 heavy (non-hydrogen) atoms. The Morgan fingerprint density at radius 1 is 0.388 bits per heavy atom. The fourth-order valence-electron chi connectivity index (χ4n) is 4.15. The second kappa shape index (κ2) is 37.8. The quantitative estimate of drug-likeness (QED) is 0.0630. The van der Waals surface area contributed by atoms with Crippen molar-refractivity contribution in [3.63, 3.8) is 0 Å². The van der Waals surface area contributed by atoms with Crippen molar-refractivity contribution in [2.45, 2.75) is 97.5 Å². The van der Waals surface area contributed by atoms with Crippen molar-refractivity contribution in [3.05, 3.63) is 0 Å². The van der Waals surface area contributed by atoms with Crippen LogP contribution in [0.1, 0.15) is 91.9 Å². The van der Waals surface area contributed by atoms with Gasteiger partial charge in [-0.15, -0.1) is 0 Å². The second-order valence-electron chi connectivity index (χ2n) is 12.3. The number of hydrogen-bond acceptors (Lipinski definition) is 13. The number of hydrogen-bond donors (Lipinski definition) is 0. The van der Waals surface area contributed by atoms with Crippen LogP contribution in [0.15, 0.2) is 0 Å². The molecule has 0 aromatic heterocycles. The van der Waals surface area contributed by atoms with E-state index in [1.54, 1.807) is 0 Å². The summed E-state index contributed by atoms with van der Waals surface area (Å²) in [5.74, 6) is -0.528. The van der Waals surface area contributed by atoms with Gasteiger partial charge in [0.2, 0.25) is 0 Å². The lowest BCUT2D eigenvalue weighted by atomic mass is 10.1. The van der Waals surface area contributed by atoms with E-state index in [-0.39, 0.29) is 25.2 Å². The monoisotopic (exact) mass is 710 g/mol. The highest BCUT2D eigenvalue weighted by atomic mass is 16.6. The zero-order chi connectivity index (χ0) is 35.9. The van der Waals surface area contributed by atoms with E-state index in [4.69, 9.17) is 52.1 Å². The van der Waals surface area contributed by atoms with Crippen molar-refractivity contribution in [2.24, 2.45) is 0 Å². The summed E-state index contributed by atoms with van der Waals surface area (Å²) in [5, 5.41) is 0. The largest absolute Gasteiger partial charge is 0.463 e. The van der Waals surface area contributed by atoms with Crippen LogP contribution in [-0.2, 0) is 61.7 Å². The molecule has 0 N–H and O–H groups in total. The zero-order valence-corrected chi connectivity index (χ0v) is 31.3. The first-order valence-electron chi connectivity index (χ1n) is 18.4. The van der Waals surface area contributed by atoms with Crippen molar-refractivity contribution < 1.29 is 61.7 Å². The number of rotatable bonds is 39. The molecule has 0 aromatic carbocycles. The topological polar surface area (TPSA) is 136 Å². The Balaban J connectivity index is 3.15. The van der Waals surface area contributed by atoms with Gasteiger partial charge in [-0.25, -0.2) is 4.79 Å². The van der Waals surface area contributed by atoms with Crippen LogP contribution in [0.4, 0.5) is 0 Å². The van der Waals surface area contributed by atoms with Crippen molar-refractivity contribution in [1.82, 2.24) is 0 Å². The minimum atomic E-state index is -0.512. The molecule has 0 atom stereocenters. The van der Waals surface area contributed by atoms with Crippen LogP contribution in [0.25, 0.3) is 0 Å². The molecule has 0 heterocycles. The molecule has 0 aliphatic rings. The van der Waals surface area contributed by atoms with E-state index < -0.39 is 5.60 Å². The molecule has 0 aliphatic carbocycles. The summed E-state index contributed by atoms with van der Waals surface area (Å²) in [7, 11) is 0. The molecule has 0 aliphatic heterocycles. The number of unbranched alkanes of at least 4 members (excludes halogenated alkanes) is 8. The van der Waals surface area contributed by atoms with Gasteiger partial charge in [0.15, 0.2) is 0 Å². The maximum Gasteiger partial charge on any atom is 0.332 e. The van der Waals surface area contributed by atoms with E-state index in [0.29, 0.717) is 119 Å². The average Bonchev–Trinajstić information content (AvgIpc) is 3.06.